The first-order chi connectivity index (χ1) is 8.40. The molecule has 0 saturated heterocycles. The number of hydrogen-bond donors (Lipinski definition) is 0. The normalized spacial score (nSPS) is 14.1. The minimum atomic E-state index is 1.11. The minimum Gasteiger partial charge on any atom is -0.0805 e. The van der Waals surface area contributed by atoms with E-state index in [1.807, 2.05) is 0 Å². The van der Waals surface area contributed by atoms with Crippen molar-refractivity contribution in [3.63, 3.8) is 0 Å². The lowest BCUT2D eigenvalue weighted by Gasteiger charge is -2.09. The Bertz CT molecular complexity index is 410. The van der Waals surface area contributed by atoms with Crippen LogP contribution >= 0.6 is 0 Å². The molecule has 1 aliphatic rings. The van der Waals surface area contributed by atoms with Crippen LogP contribution in [0, 0.1) is 0 Å². The Morgan fingerprint density at radius 2 is 1.88 bits per heavy atom. The maximum absolute atomic E-state index is 2.34. The van der Waals surface area contributed by atoms with Crippen molar-refractivity contribution in [2.75, 3.05) is 0 Å². The fourth-order valence-corrected chi connectivity index (χ4v) is 2.40. The first kappa shape index (κ1) is 12.2. The Morgan fingerprint density at radius 1 is 1.06 bits per heavy atom. The van der Waals surface area contributed by atoms with Gasteiger partial charge in [-0.2, -0.15) is 0 Å². The molecule has 0 heteroatoms. The third-order valence-corrected chi connectivity index (χ3v) is 3.41. The molecule has 0 heterocycles. The maximum Gasteiger partial charge on any atom is -0.00262 e. The van der Waals surface area contributed by atoms with Crippen LogP contribution in [0.5, 0.6) is 0 Å². The van der Waals surface area contributed by atoms with E-state index in [1.165, 1.54) is 36.8 Å². The molecule has 0 radical (unpaired) electrons. The van der Waals surface area contributed by atoms with Gasteiger partial charge in [-0.05, 0) is 42.4 Å². The monoisotopic (exact) mass is 226 g/mol. The van der Waals surface area contributed by atoms with E-state index in [9.17, 15) is 0 Å². The van der Waals surface area contributed by atoms with Crippen LogP contribution in [0.15, 0.2) is 48.1 Å². The number of allylic oxidation sites excluding steroid dienone is 4. The van der Waals surface area contributed by atoms with E-state index in [0.717, 1.165) is 12.8 Å². The van der Waals surface area contributed by atoms with E-state index in [1.54, 1.807) is 5.56 Å². The molecule has 0 unspecified atom stereocenters. The summed E-state index contributed by atoms with van der Waals surface area (Å²) in [6, 6.07) is 8.92. The van der Waals surface area contributed by atoms with Gasteiger partial charge in [0.2, 0.25) is 0 Å². The highest BCUT2D eigenvalue weighted by Crippen LogP contribution is 2.19. The molecule has 0 nitrogen and oxygen atoms in total. The Kier molecular flexibility index (Phi) is 4.61. The Balaban J connectivity index is 2.02. The zero-order valence-electron chi connectivity index (χ0n) is 10.8. The summed E-state index contributed by atoms with van der Waals surface area (Å²) in [6.45, 7) is 2.26. The number of aryl methyl sites for hydroxylation is 1. The van der Waals surface area contributed by atoms with E-state index < -0.39 is 0 Å². The molecule has 0 spiro atoms. The largest absolute Gasteiger partial charge is 0.0805 e. The summed E-state index contributed by atoms with van der Waals surface area (Å²) >= 11 is 0. The Morgan fingerprint density at radius 3 is 2.59 bits per heavy atom. The van der Waals surface area contributed by atoms with Crippen molar-refractivity contribution in [3.8, 4) is 0 Å². The van der Waals surface area contributed by atoms with Crippen molar-refractivity contribution in [1.29, 1.82) is 0 Å². The summed E-state index contributed by atoms with van der Waals surface area (Å²) in [5.41, 5.74) is 4.54. The molecule has 0 aromatic heterocycles. The fraction of sp³-hybridized carbons (Fsp3) is 0.412. The molecule has 0 fully saturated rings. The molecule has 2 rings (SSSR count). The zero-order valence-corrected chi connectivity index (χ0v) is 10.8. The second kappa shape index (κ2) is 6.44. The average molecular weight is 226 g/mol. The third kappa shape index (κ3) is 3.59. The predicted octanol–water partition coefficient (Wildman–Crippen LogP) is 4.85. The number of hydrogen-bond acceptors (Lipinski definition) is 0. The maximum atomic E-state index is 2.34. The SMILES string of the molecule is CCCCCc1ccccc1CC1=CCC=C1. The smallest absolute Gasteiger partial charge is 0.00262 e. The van der Waals surface area contributed by atoms with E-state index in [0.29, 0.717) is 0 Å². The molecule has 90 valence electrons. The van der Waals surface area contributed by atoms with Crippen molar-refractivity contribution in [1.82, 2.24) is 0 Å². The zero-order chi connectivity index (χ0) is 11.9. The Hall–Kier alpha value is -1.30. The third-order valence-electron chi connectivity index (χ3n) is 3.41. The summed E-state index contributed by atoms with van der Waals surface area (Å²) < 4.78 is 0. The van der Waals surface area contributed by atoms with Crippen LogP contribution in [-0.4, -0.2) is 0 Å². The molecular formula is C17H22. The molecule has 1 aromatic rings. The van der Waals surface area contributed by atoms with Gasteiger partial charge in [0, 0.05) is 0 Å². The predicted molar refractivity (Wildman–Crippen MR) is 75.2 cm³/mol. The first-order valence-electron chi connectivity index (χ1n) is 6.82. The van der Waals surface area contributed by atoms with Gasteiger partial charge in [0.15, 0.2) is 0 Å². The van der Waals surface area contributed by atoms with Crippen LogP contribution < -0.4 is 0 Å². The summed E-state index contributed by atoms with van der Waals surface area (Å²) in [5, 5.41) is 0. The fourth-order valence-electron chi connectivity index (χ4n) is 2.40. The number of rotatable bonds is 6. The van der Waals surface area contributed by atoms with E-state index in [4.69, 9.17) is 0 Å². The molecule has 0 N–H and O–H groups in total. The molecule has 1 aliphatic carbocycles. The molecule has 0 amide bonds. The van der Waals surface area contributed by atoms with Gasteiger partial charge in [0.05, 0.1) is 0 Å². The molecule has 0 aliphatic heterocycles. The first-order valence-corrected chi connectivity index (χ1v) is 6.82. The summed E-state index contributed by atoms with van der Waals surface area (Å²) in [6.07, 6.45) is 14.3. The summed E-state index contributed by atoms with van der Waals surface area (Å²) in [5.74, 6) is 0. The summed E-state index contributed by atoms with van der Waals surface area (Å²) in [4.78, 5) is 0. The second-order valence-corrected chi connectivity index (χ2v) is 4.82. The number of unbranched alkanes of at least 4 members (excludes halogenated alkanes) is 2. The van der Waals surface area contributed by atoms with Gasteiger partial charge in [0.25, 0.3) is 0 Å². The van der Waals surface area contributed by atoms with Gasteiger partial charge < -0.3 is 0 Å². The molecule has 1 aromatic carbocycles. The van der Waals surface area contributed by atoms with Crippen molar-refractivity contribution < 1.29 is 0 Å². The van der Waals surface area contributed by atoms with Crippen molar-refractivity contribution >= 4 is 0 Å². The van der Waals surface area contributed by atoms with Crippen LogP contribution in [0.3, 0.4) is 0 Å². The van der Waals surface area contributed by atoms with Crippen LogP contribution in [0.25, 0.3) is 0 Å². The van der Waals surface area contributed by atoms with Crippen molar-refractivity contribution in [3.05, 3.63) is 59.2 Å². The highest BCUT2D eigenvalue weighted by atomic mass is 14.1. The lowest BCUT2D eigenvalue weighted by atomic mass is 9.96. The summed E-state index contributed by atoms with van der Waals surface area (Å²) in [7, 11) is 0. The highest BCUT2D eigenvalue weighted by Gasteiger charge is 2.04. The lowest BCUT2D eigenvalue weighted by Crippen LogP contribution is -1.95. The van der Waals surface area contributed by atoms with Crippen LogP contribution in [0.1, 0.15) is 43.7 Å². The topological polar surface area (TPSA) is 0 Å². The quantitative estimate of drug-likeness (QED) is 0.608. The van der Waals surface area contributed by atoms with E-state index in [-0.39, 0.29) is 0 Å². The van der Waals surface area contributed by atoms with Crippen LogP contribution in [0.2, 0.25) is 0 Å². The van der Waals surface area contributed by atoms with Gasteiger partial charge in [-0.15, -0.1) is 0 Å². The molecule has 0 bridgehead atoms. The molecule has 0 saturated carbocycles. The molecule has 0 atom stereocenters. The lowest BCUT2D eigenvalue weighted by molar-refractivity contribution is 0.714. The van der Waals surface area contributed by atoms with Gasteiger partial charge in [-0.3, -0.25) is 0 Å². The molecule has 17 heavy (non-hydrogen) atoms. The van der Waals surface area contributed by atoms with Crippen LogP contribution in [-0.2, 0) is 12.8 Å². The van der Waals surface area contributed by atoms with E-state index >= 15 is 0 Å². The minimum absolute atomic E-state index is 1.11. The standard InChI is InChI=1S/C17H22/c1-2-3-4-11-16-12-7-8-13-17(16)14-15-9-5-6-10-15/h5,7-10,12-13H,2-4,6,11,14H2,1H3. The second-order valence-electron chi connectivity index (χ2n) is 4.82. The van der Waals surface area contributed by atoms with Crippen molar-refractivity contribution in [2.45, 2.75) is 45.4 Å². The van der Waals surface area contributed by atoms with E-state index in [2.05, 4.69) is 49.4 Å². The van der Waals surface area contributed by atoms with Crippen molar-refractivity contribution in [2.24, 2.45) is 0 Å². The van der Waals surface area contributed by atoms with Crippen LogP contribution in [0.4, 0.5) is 0 Å². The van der Waals surface area contributed by atoms with Gasteiger partial charge in [-0.1, -0.05) is 62.3 Å². The number of benzene rings is 1. The molecular weight excluding hydrogens is 204 g/mol. The van der Waals surface area contributed by atoms with Gasteiger partial charge >= 0.3 is 0 Å². The average Bonchev–Trinajstić information content (AvgIpc) is 2.84. The van der Waals surface area contributed by atoms with Gasteiger partial charge in [0.1, 0.15) is 0 Å². The highest BCUT2D eigenvalue weighted by molar-refractivity contribution is 5.36. The Labute approximate surface area is 105 Å². The van der Waals surface area contributed by atoms with Gasteiger partial charge in [-0.25, -0.2) is 0 Å².